The van der Waals surface area contributed by atoms with Crippen molar-refractivity contribution in [1.29, 1.82) is 0 Å². The van der Waals surface area contributed by atoms with Crippen LogP contribution in [0.1, 0.15) is 23.7 Å². The summed E-state index contributed by atoms with van der Waals surface area (Å²) in [7, 11) is 2.04. The minimum absolute atomic E-state index is 0.153. The smallest absolute Gasteiger partial charge is 0.321 e. The number of carbonyl (C=O) groups excluding carboxylic acids is 1. The average molecular weight is 362 g/mol. The minimum atomic E-state index is -0.153. The van der Waals surface area contributed by atoms with Crippen molar-refractivity contribution in [2.24, 2.45) is 0 Å². The SMILES string of the molecule is CCCN(C)c1ccc(C(=O)Nc2ccc(Oc3ncccn3)cc2)cc1. The van der Waals surface area contributed by atoms with Gasteiger partial charge in [-0.1, -0.05) is 6.92 Å². The second kappa shape index (κ2) is 8.80. The normalized spacial score (nSPS) is 10.3. The Morgan fingerprint density at radius 2 is 1.70 bits per heavy atom. The quantitative estimate of drug-likeness (QED) is 0.676. The summed E-state index contributed by atoms with van der Waals surface area (Å²) >= 11 is 0. The van der Waals surface area contributed by atoms with Gasteiger partial charge in [0.25, 0.3) is 5.91 Å². The Balaban J connectivity index is 1.60. The van der Waals surface area contributed by atoms with E-state index in [9.17, 15) is 4.79 Å². The summed E-state index contributed by atoms with van der Waals surface area (Å²) in [6, 6.07) is 16.7. The van der Waals surface area contributed by atoms with Gasteiger partial charge in [0.15, 0.2) is 0 Å². The number of rotatable bonds is 7. The maximum absolute atomic E-state index is 12.4. The van der Waals surface area contributed by atoms with Crippen LogP contribution in [0.15, 0.2) is 67.0 Å². The molecule has 0 radical (unpaired) electrons. The van der Waals surface area contributed by atoms with Gasteiger partial charge in [-0.3, -0.25) is 4.79 Å². The highest BCUT2D eigenvalue weighted by atomic mass is 16.5. The van der Waals surface area contributed by atoms with E-state index in [2.05, 4.69) is 27.1 Å². The molecule has 1 amide bonds. The van der Waals surface area contributed by atoms with Crippen molar-refractivity contribution in [2.45, 2.75) is 13.3 Å². The summed E-state index contributed by atoms with van der Waals surface area (Å²) in [5.41, 5.74) is 2.40. The molecule has 0 aliphatic heterocycles. The third-order valence-electron chi connectivity index (χ3n) is 3.99. The maximum Gasteiger partial charge on any atom is 0.321 e. The first kappa shape index (κ1) is 18.4. The van der Waals surface area contributed by atoms with Crippen LogP contribution in [0.5, 0.6) is 11.8 Å². The van der Waals surface area contributed by atoms with Crippen LogP contribution in [0.3, 0.4) is 0 Å². The van der Waals surface area contributed by atoms with E-state index in [1.54, 1.807) is 42.7 Å². The fourth-order valence-electron chi connectivity index (χ4n) is 2.58. The first-order valence-corrected chi connectivity index (χ1v) is 8.83. The molecule has 1 heterocycles. The van der Waals surface area contributed by atoms with E-state index in [0.717, 1.165) is 18.7 Å². The summed E-state index contributed by atoms with van der Waals surface area (Å²) in [6.45, 7) is 3.12. The van der Waals surface area contributed by atoms with Gasteiger partial charge >= 0.3 is 6.01 Å². The van der Waals surface area contributed by atoms with Gasteiger partial charge < -0.3 is 15.0 Å². The molecule has 0 saturated carbocycles. The lowest BCUT2D eigenvalue weighted by atomic mass is 10.1. The molecule has 0 saturated heterocycles. The number of anilines is 2. The Hall–Kier alpha value is -3.41. The van der Waals surface area contributed by atoms with E-state index in [1.807, 2.05) is 31.3 Å². The van der Waals surface area contributed by atoms with Gasteiger partial charge in [-0.15, -0.1) is 0 Å². The van der Waals surface area contributed by atoms with Crippen LogP contribution in [-0.2, 0) is 0 Å². The van der Waals surface area contributed by atoms with E-state index in [0.29, 0.717) is 17.0 Å². The van der Waals surface area contributed by atoms with Gasteiger partial charge in [0.2, 0.25) is 0 Å². The van der Waals surface area contributed by atoms with Crippen molar-refractivity contribution in [3.63, 3.8) is 0 Å². The van der Waals surface area contributed by atoms with Crippen molar-refractivity contribution in [2.75, 3.05) is 23.8 Å². The lowest BCUT2D eigenvalue weighted by Crippen LogP contribution is -2.18. The number of hydrogen-bond donors (Lipinski definition) is 1. The summed E-state index contributed by atoms with van der Waals surface area (Å²) in [5, 5.41) is 2.88. The topological polar surface area (TPSA) is 67.4 Å². The van der Waals surface area contributed by atoms with E-state index in [-0.39, 0.29) is 11.9 Å². The number of benzene rings is 2. The number of hydrogen-bond acceptors (Lipinski definition) is 5. The molecule has 2 aromatic carbocycles. The van der Waals surface area contributed by atoms with Crippen LogP contribution in [0.25, 0.3) is 0 Å². The highest BCUT2D eigenvalue weighted by Gasteiger charge is 2.08. The molecule has 138 valence electrons. The zero-order valence-electron chi connectivity index (χ0n) is 15.4. The lowest BCUT2D eigenvalue weighted by molar-refractivity contribution is 0.102. The molecule has 0 fully saturated rings. The van der Waals surface area contributed by atoms with Gasteiger partial charge in [0.05, 0.1) is 0 Å². The second-order valence-corrected chi connectivity index (χ2v) is 6.08. The zero-order valence-corrected chi connectivity index (χ0v) is 15.4. The molecule has 27 heavy (non-hydrogen) atoms. The number of ether oxygens (including phenoxy) is 1. The molecule has 3 aromatic rings. The minimum Gasteiger partial charge on any atom is -0.424 e. The van der Waals surface area contributed by atoms with Gasteiger partial charge in [0, 0.05) is 42.9 Å². The van der Waals surface area contributed by atoms with E-state index in [4.69, 9.17) is 4.74 Å². The van der Waals surface area contributed by atoms with Gasteiger partial charge in [-0.2, -0.15) is 0 Å². The number of carbonyl (C=O) groups is 1. The first-order chi connectivity index (χ1) is 13.2. The van der Waals surface area contributed by atoms with Crippen molar-refractivity contribution < 1.29 is 9.53 Å². The highest BCUT2D eigenvalue weighted by molar-refractivity contribution is 6.04. The lowest BCUT2D eigenvalue weighted by Gasteiger charge is -2.18. The molecule has 0 bridgehead atoms. The van der Waals surface area contributed by atoms with E-state index >= 15 is 0 Å². The van der Waals surface area contributed by atoms with Gasteiger partial charge in [-0.05, 0) is 61.0 Å². The Kier molecular flexibility index (Phi) is 5.99. The van der Waals surface area contributed by atoms with E-state index in [1.165, 1.54) is 0 Å². The predicted octanol–water partition coefficient (Wildman–Crippen LogP) is 4.37. The van der Waals surface area contributed by atoms with Crippen LogP contribution in [0.4, 0.5) is 11.4 Å². The summed E-state index contributed by atoms with van der Waals surface area (Å²) in [5.74, 6) is 0.447. The second-order valence-electron chi connectivity index (χ2n) is 6.08. The fourth-order valence-corrected chi connectivity index (χ4v) is 2.58. The zero-order chi connectivity index (χ0) is 19.1. The van der Waals surface area contributed by atoms with Crippen molar-refractivity contribution in [3.05, 3.63) is 72.6 Å². The molecule has 0 atom stereocenters. The van der Waals surface area contributed by atoms with Gasteiger partial charge in [0.1, 0.15) is 5.75 Å². The Bertz CT molecular complexity index is 865. The van der Waals surface area contributed by atoms with Crippen LogP contribution in [0, 0.1) is 0 Å². The summed E-state index contributed by atoms with van der Waals surface area (Å²) in [6.07, 6.45) is 4.30. The third-order valence-corrected chi connectivity index (χ3v) is 3.99. The number of aromatic nitrogens is 2. The average Bonchev–Trinajstić information content (AvgIpc) is 2.70. The Morgan fingerprint density at radius 1 is 1.04 bits per heavy atom. The molecular formula is C21H22N4O2. The molecular weight excluding hydrogens is 340 g/mol. The van der Waals surface area contributed by atoms with Crippen LogP contribution in [0.2, 0.25) is 0 Å². The largest absolute Gasteiger partial charge is 0.424 e. The Morgan fingerprint density at radius 3 is 2.33 bits per heavy atom. The third kappa shape index (κ3) is 5.04. The number of nitrogens with one attached hydrogen (secondary N) is 1. The van der Waals surface area contributed by atoms with E-state index < -0.39 is 0 Å². The number of nitrogens with zero attached hydrogens (tertiary/aromatic N) is 3. The molecule has 1 N–H and O–H groups in total. The maximum atomic E-state index is 12.4. The molecule has 6 nitrogen and oxygen atoms in total. The number of amides is 1. The molecule has 0 unspecified atom stereocenters. The highest BCUT2D eigenvalue weighted by Crippen LogP contribution is 2.21. The monoisotopic (exact) mass is 362 g/mol. The van der Waals surface area contributed by atoms with Crippen molar-refractivity contribution in [3.8, 4) is 11.8 Å². The molecule has 0 spiro atoms. The molecule has 6 heteroatoms. The van der Waals surface area contributed by atoms with Crippen LogP contribution < -0.4 is 15.0 Å². The fraction of sp³-hybridized carbons (Fsp3) is 0.190. The summed E-state index contributed by atoms with van der Waals surface area (Å²) in [4.78, 5) is 22.6. The predicted molar refractivity (Wildman–Crippen MR) is 107 cm³/mol. The molecule has 0 aliphatic carbocycles. The molecule has 0 aliphatic rings. The van der Waals surface area contributed by atoms with Crippen molar-refractivity contribution >= 4 is 17.3 Å². The van der Waals surface area contributed by atoms with Crippen LogP contribution >= 0.6 is 0 Å². The molecule has 1 aromatic heterocycles. The van der Waals surface area contributed by atoms with Gasteiger partial charge in [-0.25, -0.2) is 9.97 Å². The van der Waals surface area contributed by atoms with Crippen LogP contribution in [-0.4, -0.2) is 29.5 Å². The first-order valence-electron chi connectivity index (χ1n) is 8.83. The standard InChI is InChI=1S/C21H22N4O2/c1-3-15-25(2)18-9-5-16(6-10-18)20(26)24-17-7-11-19(12-8-17)27-21-22-13-4-14-23-21/h4-14H,3,15H2,1-2H3,(H,24,26). The Labute approximate surface area is 158 Å². The summed E-state index contributed by atoms with van der Waals surface area (Å²) < 4.78 is 5.54. The van der Waals surface area contributed by atoms with Crippen molar-refractivity contribution in [1.82, 2.24) is 9.97 Å². The molecule has 3 rings (SSSR count).